The Hall–Kier alpha value is -1.95. The van der Waals surface area contributed by atoms with Gasteiger partial charge in [0.05, 0.1) is 11.3 Å². The van der Waals surface area contributed by atoms with E-state index in [-0.39, 0.29) is 23.7 Å². The number of amides is 1. The molecule has 136 valence electrons. The van der Waals surface area contributed by atoms with Gasteiger partial charge in [0.1, 0.15) is 5.82 Å². The SMILES string of the molecule is O=C(O)C1CCC(NC(=O)C2(c3cccc(F)c3)CCOCC2)CC1. The number of halogens is 1. The second kappa shape index (κ2) is 7.52. The predicted molar refractivity (Wildman–Crippen MR) is 89.7 cm³/mol. The van der Waals surface area contributed by atoms with Gasteiger partial charge in [0.15, 0.2) is 0 Å². The summed E-state index contributed by atoms with van der Waals surface area (Å²) in [6.07, 6.45) is 3.53. The van der Waals surface area contributed by atoms with Gasteiger partial charge in [0.25, 0.3) is 0 Å². The summed E-state index contributed by atoms with van der Waals surface area (Å²) >= 11 is 0. The van der Waals surface area contributed by atoms with Crippen molar-refractivity contribution < 1.29 is 23.8 Å². The minimum atomic E-state index is -0.774. The smallest absolute Gasteiger partial charge is 0.306 e. The van der Waals surface area contributed by atoms with Crippen LogP contribution >= 0.6 is 0 Å². The normalized spacial score (nSPS) is 26.0. The van der Waals surface area contributed by atoms with E-state index >= 15 is 0 Å². The number of rotatable bonds is 4. The highest BCUT2D eigenvalue weighted by molar-refractivity contribution is 5.88. The van der Waals surface area contributed by atoms with E-state index in [1.54, 1.807) is 12.1 Å². The quantitative estimate of drug-likeness (QED) is 0.876. The summed E-state index contributed by atoms with van der Waals surface area (Å²) in [6.45, 7) is 0.936. The fraction of sp³-hybridized carbons (Fsp3) is 0.579. The molecule has 25 heavy (non-hydrogen) atoms. The summed E-state index contributed by atoms with van der Waals surface area (Å²) < 4.78 is 19.1. The molecule has 1 saturated heterocycles. The van der Waals surface area contributed by atoms with Crippen LogP contribution in [0.3, 0.4) is 0 Å². The standard InChI is InChI=1S/C19H24FNO4/c20-15-3-1-2-14(12-15)19(8-10-25-11-9-19)18(24)21-16-6-4-13(5-7-16)17(22)23/h1-3,12-13,16H,4-11H2,(H,21,24)(H,22,23). The summed E-state index contributed by atoms with van der Waals surface area (Å²) in [6, 6.07) is 6.23. The summed E-state index contributed by atoms with van der Waals surface area (Å²) in [5.41, 5.74) is -0.0863. The number of carboxylic acid groups (broad SMARTS) is 1. The molecule has 1 saturated carbocycles. The molecule has 2 fully saturated rings. The van der Waals surface area contributed by atoms with Crippen LogP contribution < -0.4 is 5.32 Å². The van der Waals surface area contributed by atoms with Gasteiger partial charge in [0.2, 0.25) is 5.91 Å². The highest BCUT2D eigenvalue weighted by atomic mass is 19.1. The fourth-order valence-electron chi connectivity index (χ4n) is 3.96. The van der Waals surface area contributed by atoms with Crippen molar-refractivity contribution in [1.82, 2.24) is 5.32 Å². The maximum absolute atomic E-state index is 13.7. The van der Waals surface area contributed by atoms with Gasteiger partial charge in [-0.05, 0) is 56.2 Å². The van der Waals surface area contributed by atoms with Gasteiger partial charge < -0.3 is 15.2 Å². The number of ether oxygens (including phenoxy) is 1. The van der Waals surface area contributed by atoms with E-state index in [1.807, 2.05) is 0 Å². The summed E-state index contributed by atoms with van der Waals surface area (Å²) in [4.78, 5) is 24.2. The molecule has 0 aromatic heterocycles. The lowest BCUT2D eigenvalue weighted by atomic mass is 9.73. The number of carbonyl (C=O) groups excluding carboxylic acids is 1. The molecule has 1 amide bonds. The molecule has 1 aliphatic heterocycles. The zero-order valence-electron chi connectivity index (χ0n) is 14.2. The van der Waals surface area contributed by atoms with Gasteiger partial charge >= 0.3 is 5.97 Å². The van der Waals surface area contributed by atoms with Crippen molar-refractivity contribution in [2.75, 3.05) is 13.2 Å². The van der Waals surface area contributed by atoms with Gasteiger partial charge in [-0.15, -0.1) is 0 Å². The van der Waals surface area contributed by atoms with Gasteiger partial charge in [-0.1, -0.05) is 12.1 Å². The average Bonchev–Trinajstić information content (AvgIpc) is 2.62. The molecule has 0 radical (unpaired) electrons. The molecule has 2 N–H and O–H groups in total. The highest BCUT2D eigenvalue weighted by Gasteiger charge is 2.43. The molecule has 1 heterocycles. The number of aliphatic carboxylic acids is 1. The molecular formula is C19H24FNO4. The Morgan fingerprint density at radius 1 is 1.16 bits per heavy atom. The van der Waals surface area contributed by atoms with E-state index in [1.165, 1.54) is 12.1 Å². The van der Waals surface area contributed by atoms with Crippen molar-refractivity contribution in [1.29, 1.82) is 0 Å². The number of carboxylic acids is 1. The summed E-state index contributed by atoms with van der Waals surface area (Å²) in [7, 11) is 0. The van der Waals surface area contributed by atoms with Crippen LogP contribution in [0.4, 0.5) is 4.39 Å². The second-order valence-corrected chi connectivity index (χ2v) is 7.07. The van der Waals surface area contributed by atoms with Gasteiger partial charge in [0, 0.05) is 19.3 Å². The molecule has 1 aliphatic carbocycles. The maximum Gasteiger partial charge on any atom is 0.306 e. The molecule has 0 unspecified atom stereocenters. The number of hydrogen-bond donors (Lipinski definition) is 2. The first-order valence-corrected chi connectivity index (χ1v) is 8.89. The van der Waals surface area contributed by atoms with E-state index in [2.05, 4.69) is 5.32 Å². The minimum Gasteiger partial charge on any atom is -0.481 e. The first-order valence-electron chi connectivity index (χ1n) is 8.89. The van der Waals surface area contributed by atoms with Crippen LogP contribution in [0.1, 0.15) is 44.1 Å². The Bertz CT molecular complexity index is 634. The van der Waals surface area contributed by atoms with Crippen molar-refractivity contribution in [3.8, 4) is 0 Å². The Balaban J connectivity index is 1.73. The Morgan fingerprint density at radius 3 is 2.44 bits per heavy atom. The van der Waals surface area contributed by atoms with E-state index in [0.29, 0.717) is 57.3 Å². The Morgan fingerprint density at radius 2 is 1.84 bits per heavy atom. The van der Waals surface area contributed by atoms with Gasteiger partial charge in [-0.3, -0.25) is 9.59 Å². The fourth-order valence-corrected chi connectivity index (χ4v) is 3.96. The summed E-state index contributed by atoms with van der Waals surface area (Å²) in [5.74, 6) is -1.52. The minimum absolute atomic E-state index is 0.0172. The van der Waals surface area contributed by atoms with Crippen molar-refractivity contribution in [2.45, 2.75) is 50.0 Å². The molecule has 0 bridgehead atoms. The lowest BCUT2D eigenvalue weighted by molar-refractivity contribution is -0.142. The Labute approximate surface area is 146 Å². The van der Waals surface area contributed by atoms with Crippen LogP contribution in [-0.2, 0) is 19.7 Å². The third-order valence-corrected chi connectivity index (χ3v) is 5.57. The first kappa shape index (κ1) is 17.9. The topological polar surface area (TPSA) is 75.6 Å². The van der Waals surface area contributed by atoms with E-state index in [4.69, 9.17) is 9.84 Å². The van der Waals surface area contributed by atoms with Crippen LogP contribution in [-0.4, -0.2) is 36.2 Å². The lowest BCUT2D eigenvalue weighted by Gasteiger charge is -2.38. The third-order valence-electron chi connectivity index (χ3n) is 5.57. The van der Waals surface area contributed by atoms with Crippen LogP contribution in [0.15, 0.2) is 24.3 Å². The number of nitrogens with one attached hydrogen (secondary N) is 1. The number of benzene rings is 1. The molecule has 6 heteroatoms. The first-order chi connectivity index (χ1) is 12.0. The molecule has 3 rings (SSSR count). The molecule has 0 spiro atoms. The largest absolute Gasteiger partial charge is 0.481 e. The third kappa shape index (κ3) is 3.84. The van der Waals surface area contributed by atoms with Crippen LogP contribution in [0.25, 0.3) is 0 Å². The maximum atomic E-state index is 13.7. The predicted octanol–water partition coefficient (Wildman–Crippen LogP) is 2.63. The monoisotopic (exact) mass is 349 g/mol. The van der Waals surface area contributed by atoms with Crippen molar-refractivity contribution in [3.63, 3.8) is 0 Å². The van der Waals surface area contributed by atoms with Crippen LogP contribution in [0.5, 0.6) is 0 Å². The molecular weight excluding hydrogens is 325 g/mol. The van der Waals surface area contributed by atoms with E-state index in [9.17, 15) is 14.0 Å². The van der Waals surface area contributed by atoms with Crippen molar-refractivity contribution in [3.05, 3.63) is 35.6 Å². The van der Waals surface area contributed by atoms with Crippen LogP contribution in [0.2, 0.25) is 0 Å². The lowest BCUT2D eigenvalue weighted by Crippen LogP contribution is -2.51. The van der Waals surface area contributed by atoms with Gasteiger partial charge in [-0.25, -0.2) is 4.39 Å². The molecule has 1 aromatic rings. The zero-order valence-corrected chi connectivity index (χ0v) is 14.2. The number of hydrogen-bond acceptors (Lipinski definition) is 3. The van der Waals surface area contributed by atoms with Crippen molar-refractivity contribution >= 4 is 11.9 Å². The van der Waals surface area contributed by atoms with E-state index in [0.717, 1.165) is 0 Å². The Kier molecular flexibility index (Phi) is 5.37. The molecule has 0 atom stereocenters. The second-order valence-electron chi connectivity index (χ2n) is 7.07. The van der Waals surface area contributed by atoms with Crippen molar-refractivity contribution in [2.24, 2.45) is 5.92 Å². The summed E-state index contributed by atoms with van der Waals surface area (Å²) in [5, 5.41) is 12.2. The van der Waals surface area contributed by atoms with Crippen LogP contribution in [0, 0.1) is 11.7 Å². The molecule has 1 aromatic carbocycles. The average molecular weight is 349 g/mol. The van der Waals surface area contributed by atoms with Gasteiger partial charge in [-0.2, -0.15) is 0 Å². The number of carbonyl (C=O) groups is 2. The zero-order chi connectivity index (χ0) is 17.9. The van der Waals surface area contributed by atoms with E-state index < -0.39 is 11.4 Å². The molecule has 5 nitrogen and oxygen atoms in total. The highest BCUT2D eigenvalue weighted by Crippen LogP contribution is 2.36. The molecule has 2 aliphatic rings.